The highest BCUT2D eigenvalue weighted by molar-refractivity contribution is 5.99. The number of nitrogens with zero attached hydrogens (tertiary/aromatic N) is 2. The van der Waals surface area contributed by atoms with Crippen LogP contribution in [0.4, 0.5) is 0 Å². The van der Waals surface area contributed by atoms with E-state index >= 15 is 0 Å². The summed E-state index contributed by atoms with van der Waals surface area (Å²) in [5.74, 6) is 0.654. The van der Waals surface area contributed by atoms with E-state index in [2.05, 4.69) is 23.9 Å². The highest BCUT2D eigenvalue weighted by Gasteiger charge is 2.27. The zero-order valence-electron chi connectivity index (χ0n) is 12.8. The standard InChI is InChI=1S/C15H23N3O3/c1-15(2)10-18(6-7-21-15)9-11-4-5-12(14(16)17-19)13(8-11)20-3/h4-5,8,19H,6-7,9-10H2,1-3H3,(H2,16,17). The largest absolute Gasteiger partial charge is 0.496 e. The third-order valence-electron chi connectivity index (χ3n) is 3.56. The fourth-order valence-electron chi connectivity index (χ4n) is 2.61. The van der Waals surface area contributed by atoms with Crippen molar-refractivity contribution in [3.8, 4) is 5.75 Å². The molecule has 1 heterocycles. The van der Waals surface area contributed by atoms with Gasteiger partial charge >= 0.3 is 0 Å². The van der Waals surface area contributed by atoms with E-state index < -0.39 is 0 Å². The van der Waals surface area contributed by atoms with Crippen molar-refractivity contribution in [1.82, 2.24) is 4.90 Å². The van der Waals surface area contributed by atoms with Crippen LogP contribution in [0.3, 0.4) is 0 Å². The molecule has 1 aliphatic heterocycles. The van der Waals surface area contributed by atoms with Crippen LogP contribution in [0.5, 0.6) is 5.75 Å². The predicted octanol–water partition coefficient (Wildman–Crippen LogP) is 1.40. The number of hydrogen-bond donors (Lipinski definition) is 2. The van der Waals surface area contributed by atoms with Crippen molar-refractivity contribution < 1.29 is 14.7 Å². The van der Waals surface area contributed by atoms with Crippen molar-refractivity contribution in [2.24, 2.45) is 10.9 Å². The van der Waals surface area contributed by atoms with Gasteiger partial charge in [-0.25, -0.2) is 0 Å². The van der Waals surface area contributed by atoms with Gasteiger partial charge in [0.05, 0.1) is 24.9 Å². The molecule has 0 amide bonds. The van der Waals surface area contributed by atoms with E-state index in [0.717, 1.165) is 31.8 Å². The lowest BCUT2D eigenvalue weighted by Gasteiger charge is -2.38. The molecular formula is C15H23N3O3. The van der Waals surface area contributed by atoms with Crippen molar-refractivity contribution in [1.29, 1.82) is 0 Å². The van der Waals surface area contributed by atoms with Crippen LogP contribution in [0.2, 0.25) is 0 Å². The van der Waals surface area contributed by atoms with Crippen LogP contribution in [0, 0.1) is 0 Å². The summed E-state index contributed by atoms with van der Waals surface area (Å²) < 4.78 is 11.0. The molecule has 21 heavy (non-hydrogen) atoms. The number of oxime groups is 1. The first-order chi connectivity index (χ1) is 9.95. The Morgan fingerprint density at radius 1 is 1.52 bits per heavy atom. The number of benzene rings is 1. The second-order valence-corrected chi connectivity index (χ2v) is 5.84. The summed E-state index contributed by atoms with van der Waals surface area (Å²) in [4.78, 5) is 2.35. The van der Waals surface area contributed by atoms with Crippen molar-refractivity contribution in [3.05, 3.63) is 29.3 Å². The van der Waals surface area contributed by atoms with Gasteiger partial charge in [-0.05, 0) is 31.5 Å². The summed E-state index contributed by atoms with van der Waals surface area (Å²) in [7, 11) is 1.57. The highest BCUT2D eigenvalue weighted by Crippen LogP contribution is 2.23. The van der Waals surface area contributed by atoms with Crippen LogP contribution in [0.1, 0.15) is 25.0 Å². The first-order valence-corrected chi connectivity index (χ1v) is 6.96. The summed E-state index contributed by atoms with van der Waals surface area (Å²) in [6.45, 7) is 7.56. The molecule has 3 N–H and O–H groups in total. The van der Waals surface area contributed by atoms with E-state index in [4.69, 9.17) is 20.4 Å². The quantitative estimate of drug-likeness (QED) is 0.380. The molecule has 2 rings (SSSR count). The van der Waals surface area contributed by atoms with Crippen LogP contribution < -0.4 is 10.5 Å². The van der Waals surface area contributed by atoms with Gasteiger partial charge in [-0.1, -0.05) is 11.2 Å². The summed E-state index contributed by atoms with van der Waals surface area (Å²) in [5.41, 5.74) is 7.23. The average Bonchev–Trinajstić information content (AvgIpc) is 2.45. The van der Waals surface area contributed by atoms with E-state index in [-0.39, 0.29) is 11.4 Å². The zero-order valence-corrected chi connectivity index (χ0v) is 12.8. The minimum atomic E-state index is -0.115. The molecule has 1 saturated heterocycles. The summed E-state index contributed by atoms with van der Waals surface area (Å²) >= 11 is 0. The molecule has 0 unspecified atom stereocenters. The predicted molar refractivity (Wildman–Crippen MR) is 80.8 cm³/mol. The molecule has 0 saturated carbocycles. The van der Waals surface area contributed by atoms with E-state index in [9.17, 15) is 0 Å². The molecular weight excluding hydrogens is 270 g/mol. The minimum Gasteiger partial charge on any atom is -0.496 e. The minimum absolute atomic E-state index is 0.0471. The second kappa shape index (κ2) is 6.32. The SMILES string of the molecule is COc1cc(CN2CCOC(C)(C)C2)ccc1/C(N)=N/O. The Hall–Kier alpha value is -1.79. The van der Waals surface area contributed by atoms with Crippen LogP contribution in [0.15, 0.2) is 23.4 Å². The number of amidine groups is 1. The number of methoxy groups -OCH3 is 1. The fourth-order valence-corrected chi connectivity index (χ4v) is 2.61. The third kappa shape index (κ3) is 3.86. The van der Waals surface area contributed by atoms with Gasteiger partial charge in [0.25, 0.3) is 0 Å². The molecule has 116 valence electrons. The summed E-state index contributed by atoms with van der Waals surface area (Å²) in [6, 6.07) is 5.71. The maximum absolute atomic E-state index is 8.78. The molecule has 0 atom stereocenters. The molecule has 0 bridgehead atoms. The normalized spacial score (nSPS) is 19.5. The Labute approximate surface area is 125 Å². The maximum Gasteiger partial charge on any atom is 0.173 e. The number of nitrogens with two attached hydrogens (primary N) is 1. The smallest absolute Gasteiger partial charge is 0.173 e. The summed E-state index contributed by atoms with van der Waals surface area (Å²) in [5, 5.41) is 11.8. The van der Waals surface area contributed by atoms with Gasteiger partial charge in [-0.15, -0.1) is 0 Å². The van der Waals surface area contributed by atoms with E-state index in [1.54, 1.807) is 7.11 Å². The molecule has 1 aromatic rings. The lowest BCUT2D eigenvalue weighted by molar-refractivity contribution is -0.0882. The second-order valence-electron chi connectivity index (χ2n) is 5.84. The Balaban J connectivity index is 2.14. The topological polar surface area (TPSA) is 80.3 Å². The van der Waals surface area contributed by atoms with E-state index in [1.807, 2.05) is 18.2 Å². The van der Waals surface area contributed by atoms with Gasteiger partial charge in [0.2, 0.25) is 0 Å². The maximum atomic E-state index is 8.78. The van der Waals surface area contributed by atoms with Gasteiger partial charge in [0, 0.05) is 19.6 Å². The lowest BCUT2D eigenvalue weighted by Crippen LogP contribution is -2.47. The Morgan fingerprint density at radius 3 is 2.90 bits per heavy atom. The highest BCUT2D eigenvalue weighted by atomic mass is 16.5. The Bertz CT molecular complexity index is 529. The molecule has 1 fully saturated rings. The molecule has 0 spiro atoms. The molecule has 6 heteroatoms. The number of hydrogen-bond acceptors (Lipinski definition) is 5. The van der Waals surface area contributed by atoms with E-state index in [1.165, 1.54) is 0 Å². The lowest BCUT2D eigenvalue weighted by atomic mass is 10.1. The van der Waals surface area contributed by atoms with Gasteiger partial charge in [-0.3, -0.25) is 4.90 Å². The molecule has 6 nitrogen and oxygen atoms in total. The van der Waals surface area contributed by atoms with E-state index in [0.29, 0.717) is 11.3 Å². The number of rotatable bonds is 4. The summed E-state index contributed by atoms with van der Waals surface area (Å²) in [6.07, 6.45) is 0. The van der Waals surface area contributed by atoms with Crippen molar-refractivity contribution in [2.75, 3.05) is 26.8 Å². The number of ether oxygens (including phenoxy) is 2. The van der Waals surface area contributed by atoms with Gasteiger partial charge in [0.15, 0.2) is 5.84 Å². The average molecular weight is 293 g/mol. The Morgan fingerprint density at radius 2 is 2.29 bits per heavy atom. The fraction of sp³-hybridized carbons (Fsp3) is 0.533. The van der Waals surface area contributed by atoms with Gasteiger partial charge in [0.1, 0.15) is 5.75 Å². The first kappa shape index (κ1) is 15.6. The van der Waals surface area contributed by atoms with Crippen LogP contribution >= 0.6 is 0 Å². The van der Waals surface area contributed by atoms with Crippen molar-refractivity contribution >= 4 is 5.84 Å². The van der Waals surface area contributed by atoms with Crippen LogP contribution in [0.25, 0.3) is 0 Å². The molecule has 0 aliphatic carbocycles. The first-order valence-electron chi connectivity index (χ1n) is 6.96. The van der Waals surface area contributed by atoms with Gasteiger partial charge < -0.3 is 20.4 Å². The van der Waals surface area contributed by atoms with Crippen molar-refractivity contribution in [3.63, 3.8) is 0 Å². The molecule has 0 aromatic heterocycles. The van der Waals surface area contributed by atoms with Crippen LogP contribution in [-0.2, 0) is 11.3 Å². The monoisotopic (exact) mass is 293 g/mol. The van der Waals surface area contributed by atoms with Crippen LogP contribution in [-0.4, -0.2) is 48.4 Å². The van der Waals surface area contributed by atoms with Gasteiger partial charge in [-0.2, -0.15) is 0 Å². The Kier molecular flexibility index (Phi) is 4.69. The third-order valence-corrected chi connectivity index (χ3v) is 3.56. The molecule has 1 aromatic carbocycles. The zero-order chi connectivity index (χ0) is 15.5. The van der Waals surface area contributed by atoms with Crippen molar-refractivity contribution in [2.45, 2.75) is 26.0 Å². The molecule has 0 radical (unpaired) electrons. The number of morpholine rings is 1. The molecule has 1 aliphatic rings.